The van der Waals surface area contributed by atoms with Gasteiger partial charge in [-0.3, -0.25) is 24.5 Å². The van der Waals surface area contributed by atoms with Gasteiger partial charge in [0.25, 0.3) is 11.8 Å². The SMILES string of the molecule is [2H]N(Cc1ccc2c(c1)CN(C1([2H])CC([2H])([2H])C(=O)NC1=O)C2=O)C(=O)C(F)(F)c1ccc(Cl)cc1. The summed E-state index contributed by atoms with van der Waals surface area (Å²) in [5, 5.41) is 2.08. The van der Waals surface area contributed by atoms with Gasteiger partial charge in [0.1, 0.15) is 6.02 Å². The number of piperidine rings is 1. The van der Waals surface area contributed by atoms with E-state index in [9.17, 15) is 28.0 Å². The Hall–Kier alpha value is -3.33. The van der Waals surface area contributed by atoms with Crippen LogP contribution in [0.15, 0.2) is 42.5 Å². The minimum Gasteiger partial charge on any atom is -0.346 e. The van der Waals surface area contributed by atoms with Crippen LogP contribution in [0.3, 0.4) is 0 Å². The van der Waals surface area contributed by atoms with Gasteiger partial charge in [-0.15, -0.1) is 0 Å². The molecule has 2 N–H and O–H groups in total. The Kier molecular flexibility index (Phi) is 4.48. The summed E-state index contributed by atoms with van der Waals surface area (Å²) >= 11 is 5.69. The lowest BCUT2D eigenvalue weighted by Gasteiger charge is -2.29. The summed E-state index contributed by atoms with van der Waals surface area (Å²) in [4.78, 5) is 50.1. The predicted octanol–water partition coefficient (Wildman–Crippen LogP) is 2.51. The van der Waals surface area contributed by atoms with Gasteiger partial charge in [0.2, 0.25) is 11.8 Å². The number of halogens is 3. The Labute approximate surface area is 192 Å². The molecule has 0 bridgehead atoms. The fraction of sp³-hybridized carbons (Fsp3) is 0.273. The Morgan fingerprint density at radius 2 is 2.00 bits per heavy atom. The van der Waals surface area contributed by atoms with E-state index in [0.29, 0.717) is 5.56 Å². The quantitative estimate of drug-likeness (QED) is 0.663. The van der Waals surface area contributed by atoms with Gasteiger partial charge >= 0.3 is 5.92 Å². The van der Waals surface area contributed by atoms with Crippen molar-refractivity contribution in [2.45, 2.75) is 37.8 Å². The molecule has 7 nitrogen and oxygen atoms in total. The van der Waals surface area contributed by atoms with E-state index in [1.54, 1.807) is 5.32 Å². The van der Waals surface area contributed by atoms with E-state index >= 15 is 0 Å². The number of nitrogens with one attached hydrogen (secondary N) is 2. The number of hydrogen-bond acceptors (Lipinski definition) is 4. The molecular formula is C22H18ClF2N3O4. The van der Waals surface area contributed by atoms with Crippen LogP contribution in [-0.2, 0) is 33.4 Å². The molecule has 0 spiro atoms. The second kappa shape index (κ2) is 8.31. The molecule has 0 aromatic heterocycles. The Balaban J connectivity index is 1.52. The van der Waals surface area contributed by atoms with Crippen LogP contribution in [0.1, 0.15) is 44.0 Å². The average molecular weight is 466 g/mol. The van der Waals surface area contributed by atoms with Gasteiger partial charge in [-0.1, -0.05) is 35.9 Å². The first-order chi connectivity index (χ1) is 16.7. The molecule has 1 atom stereocenters. The van der Waals surface area contributed by atoms with Crippen LogP contribution in [0.5, 0.6) is 0 Å². The zero-order valence-electron chi connectivity index (χ0n) is 20.3. The van der Waals surface area contributed by atoms with E-state index in [-0.39, 0.29) is 28.0 Å². The molecular weight excluding hydrogens is 444 g/mol. The highest BCUT2D eigenvalue weighted by Crippen LogP contribution is 2.30. The monoisotopic (exact) mass is 465 g/mol. The number of amides is 4. The first kappa shape index (κ1) is 17.3. The fourth-order valence-corrected chi connectivity index (χ4v) is 3.54. The number of hydrogen-bond donors (Lipinski definition) is 2. The normalized spacial score (nSPS) is 24.1. The van der Waals surface area contributed by atoms with E-state index in [1.807, 2.05) is 0 Å². The van der Waals surface area contributed by atoms with Crippen molar-refractivity contribution in [1.29, 1.82) is 0 Å². The molecule has 4 amide bonds. The summed E-state index contributed by atoms with van der Waals surface area (Å²) in [6.07, 6.45) is -3.43. The second-order valence-corrected chi connectivity index (χ2v) is 7.61. The third-order valence-corrected chi connectivity index (χ3v) is 5.34. The molecule has 0 radical (unpaired) electrons. The zero-order chi connectivity index (χ0) is 26.6. The van der Waals surface area contributed by atoms with Crippen molar-refractivity contribution in [3.05, 3.63) is 69.7 Å². The number of rotatable bonds is 5. The molecule has 4 rings (SSSR count). The number of alkyl halides is 2. The van der Waals surface area contributed by atoms with Crippen LogP contribution in [-0.4, -0.2) is 34.5 Å². The van der Waals surface area contributed by atoms with E-state index in [2.05, 4.69) is 0 Å². The molecule has 2 aromatic rings. The number of benzene rings is 2. The van der Waals surface area contributed by atoms with Gasteiger partial charge in [-0.2, -0.15) is 8.78 Å². The largest absolute Gasteiger partial charge is 0.349 e. The molecule has 1 unspecified atom stereocenters. The summed E-state index contributed by atoms with van der Waals surface area (Å²) in [6.45, 7) is -0.844. The summed E-state index contributed by atoms with van der Waals surface area (Å²) in [7, 11) is 0. The Bertz CT molecular complexity index is 1290. The molecule has 2 aliphatic rings. The van der Waals surface area contributed by atoms with Gasteiger partial charge in [0, 0.05) is 38.4 Å². The first-order valence-corrected chi connectivity index (χ1v) is 9.79. The first-order valence-electron chi connectivity index (χ1n) is 11.4. The average Bonchev–Trinajstić information content (AvgIpc) is 3.13. The smallest absolute Gasteiger partial charge is 0.346 e. The standard InChI is InChI=1S/C22H18ClF2N3O4/c23-15-4-2-14(3-5-15)22(24,25)21(32)26-10-12-1-6-16-13(9-12)11-28(20(16)31)17-7-8-18(29)27-19(17)30/h1-6,9,17H,7-8,10-11H2,(H,26,32)(H,27,29,30)/i8D2,17D/hD. The third-order valence-electron chi connectivity index (χ3n) is 5.09. The van der Waals surface area contributed by atoms with Crippen LogP contribution < -0.4 is 10.6 Å². The molecule has 166 valence electrons. The highest BCUT2D eigenvalue weighted by molar-refractivity contribution is 6.30. The summed E-state index contributed by atoms with van der Waals surface area (Å²) in [5.74, 6) is -8.86. The van der Waals surface area contributed by atoms with Gasteiger partial charge in [-0.05, 0) is 35.7 Å². The van der Waals surface area contributed by atoms with Crippen molar-refractivity contribution in [2.24, 2.45) is 0 Å². The highest BCUT2D eigenvalue weighted by atomic mass is 35.5. The summed E-state index contributed by atoms with van der Waals surface area (Å²) in [6, 6.07) is 6.00. The van der Waals surface area contributed by atoms with Gasteiger partial charge < -0.3 is 10.2 Å². The molecule has 1 saturated heterocycles. The van der Waals surface area contributed by atoms with Crippen molar-refractivity contribution < 1.29 is 33.5 Å². The maximum Gasteiger partial charge on any atom is 0.349 e. The van der Waals surface area contributed by atoms with Crippen molar-refractivity contribution in [3.63, 3.8) is 0 Å². The number of carbonyl (C=O) groups is 4. The fourth-order valence-electron chi connectivity index (χ4n) is 3.42. The maximum absolute atomic E-state index is 14.6. The molecule has 2 aromatic carbocycles. The predicted molar refractivity (Wildman–Crippen MR) is 110 cm³/mol. The van der Waals surface area contributed by atoms with E-state index in [0.717, 1.165) is 17.0 Å². The van der Waals surface area contributed by atoms with Gasteiger partial charge in [0.05, 0.1) is 1.37 Å². The Morgan fingerprint density at radius 3 is 2.72 bits per heavy atom. The zero-order valence-corrected chi connectivity index (χ0v) is 17.1. The van der Waals surface area contributed by atoms with E-state index in [4.69, 9.17) is 17.1 Å². The number of fused-ring (bicyclic) bond motifs is 1. The van der Waals surface area contributed by atoms with Crippen LogP contribution >= 0.6 is 11.6 Å². The minimum absolute atomic E-state index is 0.0880. The lowest BCUT2D eigenvalue weighted by atomic mass is 10.0. The number of carbonyl (C=O) groups excluding carboxylic acids is 4. The molecule has 0 aliphatic carbocycles. The molecule has 0 saturated carbocycles. The van der Waals surface area contributed by atoms with Crippen molar-refractivity contribution >= 4 is 35.2 Å². The minimum atomic E-state index is -3.99. The Morgan fingerprint density at radius 1 is 1.28 bits per heavy atom. The molecule has 1 fully saturated rings. The van der Waals surface area contributed by atoms with Gasteiger partial charge in [0.15, 0.2) is 1.41 Å². The number of nitrogens with zero attached hydrogens (tertiary/aromatic N) is 1. The molecule has 10 heteroatoms. The van der Waals surface area contributed by atoms with Crippen LogP contribution in [0.2, 0.25) is 6.43 Å². The number of imide groups is 1. The van der Waals surface area contributed by atoms with Crippen molar-refractivity contribution in [3.8, 4) is 0 Å². The van der Waals surface area contributed by atoms with Crippen LogP contribution in [0, 0.1) is 0 Å². The third kappa shape index (κ3) is 4.08. The maximum atomic E-state index is 14.6. The van der Waals surface area contributed by atoms with Crippen molar-refractivity contribution in [2.75, 3.05) is 0 Å². The van der Waals surface area contributed by atoms with Crippen LogP contribution in [0.25, 0.3) is 0 Å². The van der Waals surface area contributed by atoms with E-state index in [1.165, 1.54) is 30.3 Å². The van der Waals surface area contributed by atoms with E-state index < -0.39 is 60.5 Å². The summed E-state index contributed by atoms with van der Waals surface area (Å²) in [5.41, 5.74) is -0.0184. The topological polar surface area (TPSA) is 95.6 Å². The van der Waals surface area contributed by atoms with Crippen molar-refractivity contribution in [1.82, 2.24) is 15.5 Å². The van der Waals surface area contributed by atoms with Crippen LogP contribution in [0.4, 0.5) is 8.78 Å². The summed E-state index contributed by atoms with van der Waals surface area (Å²) < 4.78 is 61.1. The molecule has 32 heavy (non-hydrogen) atoms. The highest BCUT2D eigenvalue weighted by Gasteiger charge is 2.41. The molecule has 2 heterocycles. The van der Waals surface area contributed by atoms with Gasteiger partial charge in [-0.25, -0.2) is 0 Å². The molecule has 2 aliphatic heterocycles. The lowest BCUT2D eigenvalue weighted by Crippen LogP contribution is -2.52. The second-order valence-electron chi connectivity index (χ2n) is 7.17. The lowest BCUT2D eigenvalue weighted by molar-refractivity contribution is -0.147.